The number of allylic oxidation sites excluding steroid dienone is 1. The third-order valence-electron chi connectivity index (χ3n) is 6.94. The highest BCUT2D eigenvalue weighted by atomic mass is 16.4. The summed E-state index contributed by atoms with van der Waals surface area (Å²) in [6.45, 7) is 5.73. The van der Waals surface area contributed by atoms with Gasteiger partial charge in [-0.15, -0.1) is 0 Å². The van der Waals surface area contributed by atoms with E-state index in [-0.39, 0.29) is 11.5 Å². The van der Waals surface area contributed by atoms with Gasteiger partial charge in [-0.05, 0) is 43.7 Å². The number of carbonyl (C=O) groups is 1. The van der Waals surface area contributed by atoms with Crippen LogP contribution in [-0.2, 0) is 11.2 Å². The minimum absolute atomic E-state index is 0.270. The van der Waals surface area contributed by atoms with Crippen molar-refractivity contribution in [3.05, 3.63) is 71.0 Å². The molecule has 0 bridgehead atoms. The van der Waals surface area contributed by atoms with Crippen LogP contribution < -0.4 is 0 Å². The molecule has 0 amide bonds. The Balaban J connectivity index is 1.48. The largest absolute Gasteiger partial charge is 0.445 e. The van der Waals surface area contributed by atoms with Gasteiger partial charge in [0.15, 0.2) is 5.78 Å². The Kier molecular flexibility index (Phi) is 4.80. The lowest BCUT2D eigenvalue weighted by Gasteiger charge is -2.39. The Bertz CT molecular complexity index is 1050. The van der Waals surface area contributed by atoms with E-state index in [1.54, 1.807) is 6.08 Å². The van der Waals surface area contributed by atoms with Crippen molar-refractivity contribution in [2.45, 2.75) is 69.7 Å². The van der Waals surface area contributed by atoms with E-state index in [4.69, 9.17) is 9.41 Å². The fourth-order valence-electron chi connectivity index (χ4n) is 5.68. The zero-order valence-electron chi connectivity index (χ0n) is 17.6. The van der Waals surface area contributed by atoms with Crippen LogP contribution >= 0.6 is 0 Å². The summed E-state index contributed by atoms with van der Waals surface area (Å²) in [7, 11) is 0. The minimum Gasteiger partial charge on any atom is -0.445 e. The van der Waals surface area contributed by atoms with Gasteiger partial charge >= 0.3 is 0 Å². The number of dihydropyridines is 1. The average molecular weight is 401 g/mol. The highest BCUT2D eigenvalue weighted by Crippen LogP contribution is 2.49. The lowest BCUT2D eigenvalue weighted by atomic mass is 9.69. The monoisotopic (exact) mass is 400 g/mol. The SMILES string of the molecule is C=Cc1nc(CC2=NC3(CCCC3)C3=C(C2)CC(c2ccccc2)CC3=O)oc1C. The molecule has 5 rings (SSSR count). The highest BCUT2D eigenvalue weighted by Gasteiger charge is 2.46. The Morgan fingerprint density at radius 3 is 2.67 bits per heavy atom. The van der Waals surface area contributed by atoms with E-state index in [0.717, 1.165) is 61.3 Å². The standard InChI is InChI=1S/C26H28N2O2/c1-3-22-17(2)30-24(27-22)16-21-14-20-13-19(18-9-5-4-6-10-18)15-23(29)25(20)26(28-21)11-7-8-12-26/h3-6,9-10,19H,1,7-8,11-16H2,2H3. The van der Waals surface area contributed by atoms with Crippen molar-refractivity contribution in [1.29, 1.82) is 0 Å². The van der Waals surface area contributed by atoms with Gasteiger partial charge in [0, 0.05) is 24.1 Å². The first-order valence-electron chi connectivity index (χ1n) is 11.0. The predicted octanol–water partition coefficient (Wildman–Crippen LogP) is 5.77. The Morgan fingerprint density at radius 2 is 1.97 bits per heavy atom. The van der Waals surface area contributed by atoms with Crippen molar-refractivity contribution in [1.82, 2.24) is 4.98 Å². The van der Waals surface area contributed by atoms with Crippen LogP contribution in [0.5, 0.6) is 0 Å². The molecule has 4 heteroatoms. The molecule has 0 radical (unpaired) electrons. The van der Waals surface area contributed by atoms with Gasteiger partial charge in [-0.25, -0.2) is 4.98 Å². The third-order valence-corrected chi connectivity index (χ3v) is 6.94. The molecule has 2 aromatic rings. The molecule has 0 saturated heterocycles. The minimum atomic E-state index is -0.301. The number of aromatic nitrogens is 1. The van der Waals surface area contributed by atoms with Crippen LogP contribution in [-0.4, -0.2) is 22.0 Å². The molecule has 1 saturated carbocycles. The first-order valence-corrected chi connectivity index (χ1v) is 11.0. The van der Waals surface area contributed by atoms with Crippen molar-refractivity contribution >= 4 is 17.6 Å². The molecule has 2 heterocycles. The molecule has 3 aliphatic rings. The molecule has 30 heavy (non-hydrogen) atoms. The van der Waals surface area contributed by atoms with Crippen LogP contribution in [0.4, 0.5) is 0 Å². The number of nitrogens with zero attached hydrogens (tertiary/aromatic N) is 2. The smallest absolute Gasteiger partial charge is 0.200 e. The van der Waals surface area contributed by atoms with Gasteiger partial charge < -0.3 is 4.42 Å². The van der Waals surface area contributed by atoms with E-state index >= 15 is 0 Å². The van der Waals surface area contributed by atoms with Gasteiger partial charge in [0.05, 0.1) is 12.0 Å². The molecule has 1 aromatic heterocycles. The van der Waals surface area contributed by atoms with Gasteiger partial charge in [-0.1, -0.05) is 55.3 Å². The highest BCUT2D eigenvalue weighted by molar-refractivity contribution is 6.04. The maximum absolute atomic E-state index is 13.4. The van der Waals surface area contributed by atoms with E-state index in [9.17, 15) is 4.79 Å². The second-order valence-electron chi connectivity index (χ2n) is 8.94. The lowest BCUT2D eigenvalue weighted by molar-refractivity contribution is -0.117. The number of ketones is 1. The number of carbonyl (C=O) groups excluding carboxylic acids is 1. The van der Waals surface area contributed by atoms with Gasteiger partial charge in [-0.3, -0.25) is 9.79 Å². The summed E-state index contributed by atoms with van der Waals surface area (Å²) in [4.78, 5) is 23.1. The van der Waals surface area contributed by atoms with Crippen molar-refractivity contribution < 1.29 is 9.21 Å². The summed E-state index contributed by atoms with van der Waals surface area (Å²) in [5.74, 6) is 2.08. The zero-order chi connectivity index (χ0) is 20.7. The number of Topliss-reactive ketones (excluding diaryl/α,β-unsaturated/α-hetero) is 1. The number of fused-ring (bicyclic) bond motifs is 1. The average Bonchev–Trinajstić information content (AvgIpc) is 3.34. The fraction of sp³-hybridized carbons (Fsp3) is 0.423. The number of aryl methyl sites for hydroxylation is 1. The molecule has 0 N–H and O–H groups in total. The van der Waals surface area contributed by atoms with Crippen molar-refractivity contribution in [3.8, 4) is 0 Å². The van der Waals surface area contributed by atoms with Crippen LogP contribution in [0.3, 0.4) is 0 Å². The summed E-state index contributed by atoms with van der Waals surface area (Å²) in [5.41, 5.74) is 5.22. The van der Waals surface area contributed by atoms with Crippen LogP contribution in [0.2, 0.25) is 0 Å². The predicted molar refractivity (Wildman–Crippen MR) is 119 cm³/mol. The summed E-state index contributed by atoms with van der Waals surface area (Å²) in [6, 6.07) is 10.5. The summed E-state index contributed by atoms with van der Waals surface area (Å²) in [5, 5.41) is 0. The van der Waals surface area contributed by atoms with Gasteiger partial charge in [0.25, 0.3) is 0 Å². The van der Waals surface area contributed by atoms with Crippen molar-refractivity contribution in [2.24, 2.45) is 4.99 Å². The van der Waals surface area contributed by atoms with E-state index in [0.29, 0.717) is 24.5 Å². The number of aliphatic imine (C=N–C) groups is 1. The maximum Gasteiger partial charge on any atom is 0.200 e. The van der Waals surface area contributed by atoms with E-state index in [1.165, 1.54) is 11.1 Å². The number of benzene rings is 1. The summed E-state index contributed by atoms with van der Waals surface area (Å²) < 4.78 is 5.86. The number of hydrogen-bond donors (Lipinski definition) is 0. The molecular formula is C26H28N2O2. The molecule has 4 nitrogen and oxygen atoms in total. The van der Waals surface area contributed by atoms with Crippen molar-refractivity contribution in [3.63, 3.8) is 0 Å². The topological polar surface area (TPSA) is 55.5 Å². The second-order valence-corrected chi connectivity index (χ2v) is 8.94. The summed E-state index contributed by atoms with van der Waals surface area (Å²) >= 11 is 0. The zero-order valence-corrected chi connectivity index (χ0v) is 17.6. The first kappa shape index (κ1) is 19.2. The molecular weight excluding hydrogens is 372 g/mol. The molecule has 1 unspecified atom stereocenters. The van der Waals surface area contributed by atoms with Crippen LogP contribution in [0.1, 0.15) is 73.8 Å². The molecule has 2 aliphatic carbocycles. The van der Waals surface area contributed by atoms with E-state index in [2.05, 4.69) is 35.8 Å². The Morgan fingerprint density at radius 1 is 1.20 bits per heavy atom. The number of rotatable bonds is 4. The van der Waals surface area contributed by atoms with Crippen LogP contribution in [0.15, 0.2) is 57.5 Å². The second kappa shape index (κ2) is 7.50. The van der Waals surface area contributed by atoms with Gasteiger partial charge in [0.2, 0.25) is 5.89 Å². The van der Waals surface area contributed by atoms with Gasteiger partial charge in [0.1, 0.15) is 11.5 Å². The number of oxazole rings is 1. The normalized spacial score (nSPS) is 22.9. The molecule has 1 aromatic carbocycles. The Labute approximate surface area is 177 Å². The van der Waals surface area contributed by atoms with Crippen LogP contribution in [0.25, 0.3) is 6.08 Å². The molecule has 1 spiro atoms. The molecule has 1 atom stereocenters. The van der Waals surface area contributed by atoms with E-state index < -0.39 is 0 Å². The molecule has 1 fully saturated rings. The number of hydrogen-bond acceptors (Lipinski definition) is 4. The van der Waals surface area contributed by atoms with Crippen LogP contribution in [0, 0.1) is 6.92 Å². The third kappa shape index (κ3) is 3.28. The van der Waals surface area contributed by atoms with Crippen molar-refractivity contribution in [2.75, 3.05) is 0 Å². The van der Waals surface area contributed by atoms with E-state index in [1.807, 2.05) is 13.0 Å². The fourth-order valence-corrected chi connectivity index (χ4v) is 5.68. The lowest BCUT2D eigenvalue weighted by Crippen LogP contribution is -2.39. The first-order chi connectivity index (χ1) is 14.6. The Hall–Kier alpha value is -2.75. The van der Waals surface area contributed by atoms with Gasteiger partial charge in [-0.2, -0.15) is 0 Å². The summed E-state index contributed by atoms with van der Waals surface area (Å²) in [6.07, 6.45) is 8.91. The molecule has 1 aliphatic heterocycles. The maximum atomic E-state index is 13.4. The quantitative estimate of drug-likeness (QED) is 0.655. The molecule has 154 valence electrons.